The van der Waals surface area contributed by atoms with Crippen LogP contribution >= 0.6 is 11.6 Å². The molecule has 2 aliphatic carbocycles. The fourth-order valence-electron chi connectivity index (χ4n) is 6.74. The lowest BCUT2D eigenvalue weighted by molar-refractivity contribution is 0.0681. The molecule has 4 nitrogen and oxygen atoms in total. The van der Waals surface area contributed by atoms with Crippen molar-refractivity contribution < 1.29 is 4.79 Å². The van der Waals surface area contributed by atoms with E-state index in [2.05, 4.69) is 21.6 Å². The van der Waals surface area contributed by atoms with Crippen LogP contribution in [-0.4, -0.2) is 43.0 Å². The van der Waals surface area contributed by atoms with E-state index in [1.807, 2.05) is 12.1 Å². The Labute approximate surface area is 186 Å². The molecule has 1 atom stereocenters. The standard InChI is InChI=1S/C25H36ClN3O/c26-22-6-5-19(15-27-23-16-29-11-7-20(23)8-12-29)13-21(22)24(30)28-17-25-9-1-3-18(14-25)4-2-10-25/h5-6,13,18,20,23,27H,1-4,7-12,14-17H2,(H,28,30). The average molecular weight is 430 g/mol. The van der Waals surface area contributed by atoms with Crippen LogP contribution in [0, 0.1) is 17.3 Å². The first kappa shape index (κ1) is 20.8. The summed E-state index contributed by atoms with van der Waals surface area (Å²) in [5, 5.41) is 7.57. The molecule has 5 fully saturated rings. The van der Waals surface area contributed by atoms with E-state index < -0.39 is 0 Å². The lowest BCUT2D eigenvalue weighted by Gasteiger charge is -2.45. The fraction of sp³-hybridized carbons (Fsp3) is 0.720. The van der Waals surface area contributed by atoms with Crippen molar-refractivity contribution in [2.45, 2.75) is 70.4 Å². The Hall–Kier alpha value is -1.10. The van der Waals surface area contributed by atoms with E-state index in [1.165, 1.54) is 70.9 Å². The van der Waals surface area contributed by atoms with Crippen molar-refractivity contribution in [2.75, 3.05) is 26.2 Å². The predicted octanol–water partition coefficient (Wildman–Crippen LogP) is 4.61. The molecule has 6 rings (SSSR count). The Balaban J connectivity index is 1.19. The van der Waals surface area contributed by atoms with Crippen LogP contribution in [0.1, 0.15) is 73.7 Å². The largest absolute Gasteiger partial charge is 0.351 e. The van der Waals surface area contributed by atoms with Crippen molar-refractivity contribution in [2.24, 2.45) is 17.3 Å². The molecular weight excluding hydrogens is 394 g/mol. The van der Waals surface area contributed by atoms with Crippen molar-refractivity contribution >= 4 is 17.5 Å². The second-order valence-corrected chi connectivity index (χ2v) is 10.9. The van der Waals surface area contributed by atoms with Gasteiger partial charge in [-0.05, 0) is 80.1 Å². The zero-order valence-electron chi connectivity index (χ0n) is 18.1. The molecule has 1 aromatic rings. The number of piperidine rings is 3. The molecule has 0 aromatic heterocycles. The molecule has 164 valence electrons. The number of nitrogens with zero attached hydrogens (tertiary/aromatic N) is 1. The van der Waals surface area contributed by atoms with E-state index >= 15 is 0 Å². The second-order valence-electron chi connectivity index (χ2n) is 10.5. The maximum Gasteiger partial charge on any atom is 0.252 e. The number of carbonyl (C=O) groups excluding carboxylic acids is 1. The summed E-state index contributed by atoms with van der Waals surface area (Å²) in [6.07, 6.45) is 11.9. The van der Waals surface area contributed by atoms with Gasteiger partial charge in [-0.2, -0.15) is 0 Å². The zero-order chi connectivity index (χ0) is 20.6. The third-order valence-corrected chi connectivity index (χ3v) is 8.81. The first-order chi connectivity index (χ1) is 14.6. The van der Waals surface area contributed by atoms with Gasteiger partial charge in [0.1, 0.15) is 0 Å². The van der Waals surface area contributed by atoms with Gasteiger partial charge in [0.2, 0.25) is 0 Å². The quantitative estimate of drug-likeness (QED) is 0.693. The van der Waals surface area contributed by atoms with E-state index in [9.17, 15) is 4.79 Å². The molecule has 3 aliphatic heterocycles. The van der Waals surface area contributed by atoms with Crippen LogP contribution in [0.15, 0.2) is 18.2 Å². The molecule has 3 saturated heterocycles. The summed E-state index contributed by atoms with van der Waals surface area (Å²) in [6.45, 7) is 5.29. The third-order valence-electron chi connectivity index (χ3n) is 8.48. The SMILES string of the molecule is O=C(NCC12CCCC(CCC1)C2)c1cc(CNC2CN3CCC2CC3)ccc1Cl. The minimum absolute atomic E-state index is 0.00763. The number of halogens is 1. The topological polar surface area (TPSA) is 44.4 Å². The van der Waals surface area contributed by atoms with Gasteiger partial charge >= 0.3 is 0 Å². The lowest BCUT2D eigenvalue weighted by atomic mass is 9.62. The summed E-state index contributed by atoms with van der Waals surface area (Å²) in [6, 6.07) is 6.51. The highest BCUT2D eigenvalue weighted by Gasteiger charge is 2.39. The molecule has 1 aromatic carbocycles. The van der Waals surface area contributed by atoms with Gasteiger partial charge in [0.25, 0.3) is 5.91 Å². The molecule has 5 heteroatoms. The first-order valence-corrected chi connectivity index (χ1v) is 12.5. The highest BCUT2D eigenvalue weighted by Crippen LogP contribution is 2.48. The number of carbonyl (C=O) groups is 1. The van der Waals surface area contributed by atoms with Crippen LogP contribution in [0.5, 0.6) is 0 Å². The minimum Gasteiger partial charge on any atom is -0.351 e. The molecule has 2 N–H and O–H groups in total. The Morgan fingerprint density at radius 2 is 1.90 bits per heavy atom. The van der Waals surface area contributed by atoms with E-state index in [1.54, 1.807) is 0 Å². The molecule has 4 bridgehead atoms. The van der Waals surface area contributed by atoms with Gasteiger partial charge in [-0.15, -0.1) is 0 Å². The van der Waals surface area contributed by atoms with Gasteiger partial charge in [0.15, 0.2) is 0 Å². The molecular formula is C25H36ClN3O. The highest BCUT2D eigenvalue weighted by atomic mass is 35.5. The summed E-state index contributed by atoms with van der Waals surface area (Å²) in [4.78, 5) is 15.6. The summed E-state index contributed by atoms with van der Waals surface area (Å²) in [7, 11) is 0. The second kappa shape index (κ2) is 8.80. The number of nitrogens with one attached hydrogen (secondary N) is 2. The monoisotopic (exact) mass is 429 g/mol. The van der Waals surface area contributed by atoms with Gasteiger partial charge in [-0.25, -0.2) is 0 Å². The van der Waals surface area contributed by atoms with Crippen LogP contribution in [0.2, 0.25) is 5.02 Å². The van der Waals surface area contributed by atoms with E-state index in [4.69, 9.17) is 11.6 Å². The molecule has 3 heterocycles. The molecule has 2 saturated carbocycles. The number of benzene rings is 1. The lowest BCUT2D eigenvalue weighted by Crippen LogP contribution is -2.55. The molecule has 1 amide bonds. The Morgan fingerprint density at radius 3 is 2.60 bits per heavy atom. The summed E-state index contributed by atoms with van der Waals surface area (Å²) >= 11 is 6.43. The van der Waals surface area contributed by atoms with Gasteiger partial charge in [0, 0.05) is 25.7 Å². The molecule has 1 unspecified atom stereocenters. The van der Waals surface area contributed by atoms with Crippen LogP contribution in [0.25, 0.3) is 0 Å². The number of fused-ring (bicyclic) bond motifs is 5. The van der Waals surface area contributed by atoms with Crippen molar-refractivity contribution in [3.63, 3.8) is 0 Å². The smallest absolute Gasteiger partial charge is 0.252 e. The van der Waals surface area contributed by atoms with Crippen LogP contribution in [0.3, 0.4) is 0 Å². The number of rotatable bonds is 6. The first-order valence-electron chi connectivity index (χ1n) is 12.1. The number of hydrogen-bond acceptors (Lipinski definition) is 3. The summed E-state index contributed by atoms with van der Waals surface area (Å²) in [5.41, 5.74) is 2.11. The molecule has 0 spiro atoms. The number of amides is 1. The summed E-state index contributed by atoms with van der Waals surface area (Å²) in [5.74, 6) is 1.68. The van der Waals surface area contributed by atoms with Gasteiger partial charge in [0.05, 0.1) is 10.6 Å². The molecule has 30 heavy (non-hydrogen) atoms. The number of hydrogen-bond donors (Lipinski definition) is 2. The highest BCUT2D eigenvalue weighted by molar-refractivity contribution is 6.33. The van der Waals surface area contributed by atoms with E-state index in [0.29, 0.717) is 22.0 Å². The van der Waals surface area contributed by atoms with Gasteiger partial charge in [-0.3, -0.25) is 4.79 Å². The van der Waals surface area contributed by atoms with E-state index in [0.717, 1.165) is 37.0 Å². The Bertz CT molecular complexity index is 764. The van der Waals surface area contributed by atoms with Gasteiger partial charge < -0.3 is 15.5 Å². The van der Waals surface area contributed by atoms with Crippen molar-refractivity contribution in [3.05, 3.63) is 34.3 Å². The maximum atomic E-state index is 13.0. The normalized spacial score (nSPS) is 35.2. The van der Waals surface area contributed by atoms with E-state index in [-0.39, 0.29) is 5.91 Å². The van der Waals surface area contributed by atoms with Crippen LogP contribution < -0.4 is 10.6 Å². The van der Waals surface area contributed by atoms with Gasteiger partial charge in [-0.1, -0.05) is 43.4 Å². The average Bonchev–Trinajstić information content (AvgIpc) is 2.78. The third kappa shape index (κ3) is 4.42. The molecule has 5 aliphatic rings. The zero-order valence-corrected chi connectivity index (χ0v) is 18.9. The molecule has 0 radical (unpaired) electrons. The maximum absolute atomic E-state index is 13.0. The van der Waals surface area contributed by atoms with Crippen LogP contribution in [0.4, 0.5) is 0 Å². The van der Waals surface area contributed by atoms with Crippen molar-refractivity contribution in [1.29, 1.82) is 0 Å². The van der Waals surface area contributed by atoms with Crippen molar-refractivity contribution in [1.82, 2.24) is 15.5 Å². The summed E-state index contributed by atoms with van der Waals surface area (Å²) < 4.78 is 0. The Kier molecular flexibility index (Phi) is 6.10. The van der Waals surface area contributed by atoms with Crippen molar-refractivity contribution in [3.8, 4) is 0 Å². The Morgan fingerprint density at radius 1 is 1.13 bits per heavy atom. The predicted molar refractivity (Wildman–Crippen MR) is 122 cm³/mol. The van der Waals surface area contributed by atoms with Crippen LogP contribution in [-0.2, 0) is 6.54 Å². The minimum atomic E-state index is -0.00763. The fourth-order valence-corrected chi connectivity index (χ4v) is 6.94.